The first-order valence-corrected chi connectivity index (χ1v) is 4.72. The molecular formula is C9H18N2O2. The van der Waals surface area contributed by atoms with Crippen molar-refractivity contribution in [2.24, 2.45) is 11.5 Å². The van der Waals surface area contributed by atoms with Crippen molar-refractivity contribution in [1.29, 1.82) is 0 Å². The number of ether oxygens (including phenoxy) is 1. The Labute approximate surface area is 78.6 Å². The summed E-state index contributed by atoms with van der Waals surface area (Å²) in [6.45, 7) is 0. The van der Waals surface area contributed by atoms with Gasteiger partial charge in [-0.2, -0.15) is 0 Å². The number of rotatable bonds is 3. The Hall–Kier alpha value is -0.610. The topological polar surface area (TPSA) is 78.3 Å². The van der Waals surface area contributed by atoms with E-state index in [-0.39, 0.29) is 0 Å². The maximum absolute atomic E-state index is 11.0. The van der Waals surface area contributed by atoms with Gasteiger partial charge in [0.25, 0.3) is 0 Å². The Kier molecular flexibility index (Phi) is 3.27. The number of hydrogen-bond acceptors (Lipinski definition) is 3. The van der Waals surface area contributed by atoms with Gasteiger partial charge in [0.05, 0.1) is 5.60 Å². The third kappa shape index (κ3) is 2.00. The zero-order valence-electron chi connectivity index (χ0n) is 8.08. The maximum atomic E-state index is 11.0. The second kappa shape index (κ2) is 4.07. The van der Waals surface area contributed by atoms with Gasteiger partial charge in [0.2, 0.25) is 5.91 Å². The first-order chi connectivity index (χ1) is 6.12. The highest BCUT2D eigenvalue weighted by atomic mass is 16.5. The molecule has 1 unspecified atom stereocenters. The fourth-order valence-corrected chi connectivity index (χ4v) is 2.05. The highest BCUT2D eigenvalue weighted by molar-refractivity contribution is 5.81. The molecular weight excluding hydrogens is 168 g/mol. The molecule has 0 heterocycles. The first kappa shape index (κ1) is 10.5. The van der Waals surface area contributed by atoms with Crippen molar-refractivity contribution in [1.82, 2.24) is 0 Å². The molecule has 1 saturated carbocycles. The molecule has 76 valence electrons. The summed E-state index contributed by atoms with van der Waals surface area (Å²) in [4.78, 5) is 11.0. The lowest BCUT2D eigenvalue weighted by Gasteiger charge is -2.39. The lowest BCUT2D eigenvalue weighted by atomic mass is 9.79. The molecule has 1 fully saturated rings. The van der Waals surface area contributed by atoms with Gasteiger partial charge in [0.1, 0.15) is 6.04 Å². The molecule has 0 radical (unpaired) electrons. The number of carbonyl (C=O) groups excluding carboxylic acids is 1. The van der Waals surface area contributed by atoms with Gasteiger partial charge in [-0.25, -0.2) is 0 Å². The van der Waals surface area contributed by atoms with Gasteiger partial charge in [-0.05, 0) is 12.8 Å². The smallest absolute Gasteiger partial charge is 0.237 e. The van der Waals surface area contributed by atoms with Crippen LogP contribution in [0.5, 0.6) is 0 Å². The van der Waals surface area contributed by atoms with Crippen LogP contribution in [0.2, 0.25) is 0 Å². The van der Waals surface area contributed by atoms with E-state index in [1.807, 2.05) is 0 Å². The quantitative estimate of drug-likeness (QED) is 0.658. The summed E-state index contributed by atoms with van der Waals surface area (Å²) in [7, 11) is 1.61. The molecule has 0 aliphatic heterocycles. The summed E-state index contributed by atoms with van der Waals surface area (Å²) < 4.78 is 5.38. The third-order valence-electron chi connectivity index (χ3n) is 2.98. The molecule has 4 heteroatoms. The predicted molar refractivity (Wildman–Crippen MR) is 50.0 cm³/mol. The SMILES string of the molecule is COC1(C(N)C(N)=O)CCCCC1. The van der Waals surface area contributed by atoms with Crippen molar-refractivity contribution < 1.29 is 9.53 Å². The lowest BCUT2D eigenvalue weighted by Crippen LogP contribution is -2.57. The zero-order valence-corrected chi connectivity index (χ0v) is 8.08. The van der Waals surface area contributed by atoms with E-state index < -0.39 is 17.6 Å². The minimum Gasteiger partial charge on any atom is -0.376 e. The molecule has 1 aliphatic carbocycles. The zero-order chi connectivity index (χ0) is 9.90. The monoisotopic (exact) mass is 186 g/mol. The molecule has 1 aliphatic rings. The van der Waals surface area contributed by atoms with Crippen LogP contribution < -0.4 is 11.5 Å². The van der Waals surface area contributed by atoms with Crippen LogP contribution in [0.25, 0.3) is 0 Å². The van der Waals surface area contributed by atoms with Gasteiger partial charge in [-0.1, -0.05) is 19.3 Å². The van der Waals surface area contributed by atoms with E-state index in [0.717, 1.165) is 25.7 Å². The molecule has 4 N–H and O–H groups in total. The Morgan fingerprint density at radius 3 is 2.31 bits per heavy atom. The Morgan fingerprint density at radius 1 is 1.38 bits per heavy atom. The van der Waals surface area contributed by atoms with Crippen molar-refractivity contribution in [3.63, 3.8) is 0 Å². The average molecular weight is 186 g/mol. The van der Waals surface area contributed by atoms with Crippen LogP contribution in [0.1, 0.15) is 32.1 Å². The van der Waals surface area contributed by atoms with Gasteiger partial charge in [0.15, 0.2) is 0 Å². The van der Waals surface area contributed by atoms with Gasteiger partial charge in [-0.3, -0.25) is 4.79 Å². The molecule has 4 nitrogen and oxygen atoms in total. The minimum absolute atomic E-state index is 0.469. The normalized spacial score (nSPS) is 23.8. The van der Waals surface area contributed by atoms with Gasteiger partial charge in [-0.15, -0.1) is 0 Å². The molecule has 0 bridgehead atoms. The van der Waals surface area contributed by atoms with Crippen LogP contribution in [0.4, 0.5) is 0 Å². The van der Waals surface area contributed by atoms with Gasteiger partial charge < -0.3 is 16.2 Å². The van der Waals surface area contributed by atoms with E-state index in [4.69, 9.17) is 16.2 Å². The summed E-state index contributed by atoms with van der Waals surface area (Å²) in [5, 5.41) is 0. The number of hydrogen-bond donors (Lipinski definition) is 2. The van der Waals surface area contributed by atoms with Crippen molar-refractivity contribution in [2.75, 3.05) is 7.11 Å². The van der Waals surface area contributed by atoms with Crippen molar-refractivity contribution in [3.8, 4) is 0 Å². The first-order valence-electron chi connectivity index (χ1n) is 4.72. The molecule has 13 heavy (non-hydrogen) atoms. The number of primary amides is 1. The van der Waals surface area contributed by atoms with Crippen molar-refractivity contribution in [3.05, 3.63) is 0 Å². The Morgan fingerprint density at radius 2 is 1.92 bits per heavy atom. The molecule has 0 aromatic heterocycles. The van der Waals surface area contributed by atoms with E-state index in [9.17, 15) is 4.79 Å². The van der Waals surface area contributed by atoms with Crippen LogP contribution >= 0.6 is 0 Å². The summed E-state index contributed by atoms with van der Waals surface area (Å²) >= 11 is 0. The fourth-order valence-electron chi connectivity index (χ4n) is 2.05. The molecule has 0 saturated heterocycles. The number of carbonyl (C=O) groups is 1. The van der Waals surface area contributed by atoms with E-state index in [0.29, 0.717) is 0 Å². The van der Waals surface area contributed by atoms with Crippen LogP contribution in [0.15, 0.2) is 0 Å². The number of nitrogens with two attached hydrogens (primary N) is 2. The summed E-state index contributed by atoms with van der Waals surface area (Å²) in [5.41, 5.74) is 10.4. The standard InChI is InChI=1S/C9H18N2O2/c1-13-9(7(10)8(11)12)5-3-2-4-6-9/h7H,2-6,10H2,1H3,(H2,11,12). The Balaban J connectivity index is 2.72. The molecule has 1 atom stereocenters. The van der Waals surface area contributed by atoms with Crippen LogP contribution in [-0.2, 0) is 9.53 Å². The second-order valence-corrected chi connectivity index (χ2v) is 3.71. The molecule has 0 aromatic carbocycles. The molecule has 0 spiro atoms. The molecule has 0 aromatic rings. The van der Waals surface area contributed by atoms with Crippen molar-refractivity contribution in [2.45, 2.75) is 43.7 Å². The largest absolute Gasteiger partial charge is 0.376 e. The van der Waals surface area contributed by atoms with E-state index in [1.165, 1.54) is 6.42 Å². The Bertz CT molecular complexity index is 188. The molecule has 1 rings (SSSR count). The van der Waals surface area contributed by atoms with E-state index in [1.54, 1.807) is 7.11 Å². The number of amides is 1. The maximum Gasteiger partial charge on any atom is 0.237 e. The van der Waals surface area contributed by atoms with Crippen LogP contribution in [-0.4, -0.2) is 24.7 Å². The predicted octanol–water partition coefficient (Wildman–Crippen LogP) is 0.148. The van der Waals surface area contributed by atoms with Crippen LogP contribution in [0.3, 0.4) is 0 Å². The fraction of sp³-hybridized carbons (Fsp3) is 0.889. The highest BCUT2D eigenvalue weighted by Crippen LogP contribution is 2.33. The van der Waals surface area contributed by atoms with E-state index >= 15 is 0 Å². The lowest BCUT2D eigenvalue weighted by molar-refractivity contribution is -0.130. The molecule has 1 amide bonds. The summed E-state index contributed by atoms with van der Waals surface area (Å²) in [5.74, 6) is -0.469. The summed E-state index contributed by atoms with van der Waals surface area (Å²) in [6.07, 6.45) is 5.00. The van der Waals surface area contributed by atoms with Gasteiger partial charge in [0, 0.05) is 7.11 Å². The van der Waals surface area contributed by atoms with E-state index in [2.05, 4.69) is 0 Å². The van der Waals surface area contributed by atoms with Crippen molar-refractivity contribution >= 4 is 5.91 Å². The van der Waals surface area contributed by atoms with Crippen LogP contribution in [0, 0.1) is 0 Å². The number of methoxy groups -OCH3 is 1. The third-order valence-corrected chi connectivity index (χ3v) is 2.98. The average Bonchev–Trinajstić information content (AvgIpc) is 2.17. The van der Waals surface area contributed by atoms with Gasteiger partial charge >= 0.3 is 0 Å². The second-order valence-electron chi connectivity index (χ2n) is 3.71. The summed E-state index contributed by atoms with van der Waals surface area (Å²) in [6, 6.07) is -0.669. The minimum atomic E-state index is -0.669. The highest BCUT2D eigenvalue weighted by Gasteiger charge is 2.40.